The highest BCUT2D eigenvalue weighted by molar-refractivity contribution is 8.00. The second-order valence-corrected chi connectivity index (χ2v) is 4.95. The number of hydrogen-bond donors (Lipinski definition) is 1. The Bertz CT molecular complexity index is 358. The maximum Gasteiger partial charge on any atom is 0.147 e. The first-order chi connectivity index (χ1) is 7.18. The number of rotatable bonds is 2. The average molecular weight is 227 g/mol. The highest BCUT2D eigenvalue weighted by Crippen LogP contribution is 2.36. The minimum atomic E-state index is -0.341. The van der Waals surface area contributed by atoms with Crippen molar-refractivity contribution in [3.63, 3.8) is 0 Å². The first kappa shape index (κ1) is 10.8. The lowest BCUT2D eigenvalue weighted by Gasteiger charge is -2.14. The normalized spacial score (nSPS) is 25.7. The van der Waals surface area contributed by atoms with Gasteiger partial charge in [-0.2, -0.15) is 0 Å². The molecule has 1 saturated heterocycles. The van der Waals surface area contributed by atoms with E-state index in [1.165, 1.54) is 6.07 Å². The molecule has 0 spiro atoms. The van der Waals surface area contributed by atoms with Crippen LogP contribution in [0.2, 0.25) is 0 Å². The van der Waals surface area contributed by atoms with Gasteiger partial charge in [-0.25, -0.2) is 4.39 Å². The van der Waals surface area contributed by atoms with Crippen molar-refractivity contribution in [2.75, 3.05) is 12.3 Å². The lowest BCUT2D eigenvalue weighted by Crippen LogP contribution is -2.13. The second-order valence-electron chi connectivity index (χ2n) is 3.67. The molecular formula is C11H14FNOS. The fraction of sp³-hybridized carbons (Fsp3) is 0.455. The summed E-state index contributed by atoms with van der Waals surface area (Å²) in [6.07, 6.45) is 1.22. The summed E-state index contributed by atoms with van der Waals surface area (Å²) in [6.45, 7) is 2.83. The summed E-state index contributed by atoms with van der Waals surface area (Å²) < 4.78 is 18.6. The van der Waals surface area contributed by atoms with E-state index in [0.717, 1.165) is 17.9 Å². The predicted octanol–water partition coefficient (Wildman–Crippen LogP) is 2.68. The standard InChI is InChI=1S/C11H14FNOS/c1-7-9(5-6-14-7)15-10-4-2-3-8(12)11(10)13/h2-4,7,9H,5-6,13H2,1H3. The lowest BCUT2D eigenvalue weighted by molar-refractivity contribution is 0.127. The van der Waals surface area contributed by atoms with Gasteiger partial charge in [-0.3, -0.25) is 0 Å². The molecule has 1 aromatic rings. The van der Waals surface area contributed by atoms with Gasteiger partial charge in [0, 0.05) is 16.8 Å². The molecule has 0 radical (unpaired) electrons. The van der Waals surface area contributed by atoms with Crippen molar-refractivity contribution in [1.29, 1.82) is 0 Å². The van der Waals surface area contributed by atoms with Crippen LogP contribution in [0.5, 0.6) is 0 Å². The molecule has 1 fully saturated rings. The summed E-state index contributed by atoms with van der Waals surface area (Å²) in [6, 6.07) is 4.93. The molecule has 0 aliphatic carbocycles. The lowest BCUT2D eigenvalue weighted by atomic mass is 10.3. The van der Waals surface area contributed by atoms with Crippen molar-refractivity contribution in [3.8, 4) is 0 Å². The molecule has 0 amide bonds. The van der Waals surface area contributed by atoms with E-state index in [4.69, 9.17) is 10.5 Å². The van der Waals surface area contributed by atoms with E-state index in [0.29, 0.717) is 5.25 Å². The Morgan fingerprint density at radius 3 is 3.00 bits per heavy atom. The van der Waals surface area contributed by atoms with Crippen molar-refractivity contribution in [2.24, 2.45) is 0 Å². The molecule has 82 valence electrons. The van der Waals surface area contributed by atoms with Crippen LogP contribution in [0, 0.1) is 5.82 Å². The van der Waals surface area contributed by atoms with Crippen molar-refractivity contribution in [2.45, 2.75) is 29.6 Å². The first-order valence-corrected chi connectivity index (χ1v) is 5.88. The zero-order chi connectivity index (χ0) is 10.8. The summed E-state index contributed by atoms with van der Waals surface area (Å²) >= 11 is 1.61. The molecule has 4 heteroatoms. The molecule has 2 rings (SSSR count). The van der Waals surface area contributed by atoms with E-state index in [9.17, 15) is 4.39 Å². The van der Waals surface area contributed by atoms with Crippen molar-refractivity contribution >= 4 is 17.4 Å². The Morgan fingerprint density at radius 2 is 2.33 bits per heavy atom. The van der Waals surface area contributed by atoms with Crippen LogP contribution in [0.15, 0.2) is 23.1 Å². The molecule has 2 N–H and O–H groups in total. The van der Waals surface area contributed by atoms with Gasteiger partial charge in [0.15, 0.2) is 0 Å². The van der Waals surface area contributed by atoms with Gasteiger partial charge < -0.3 is 10.5 Å². The number of halogens is 1. The first-order valence-electron chi connectivity index (χ1n) is 5.00. The van der Waals surface area contributed by atoms with Gasteiger partial charge in [0.2, 0.25) is 0 Å². The van der Waals surface area contributed by atoms with E-state index in [2.05, 4.69) is 0 Å². The van der Waals surface area contributed by atoms with Gasteiger partial charge in [-0.05, 0) is 25.5 Å². The Kier molecular flexibility index (Phi) is 3.17. The third-order valence-electron chi connectivity index (χ3n) is 2.60. The van der Waals surface area contributed by atoms with E-state index < -0.39 is 0 Å². The number of hydrogen-bond acceptors (Lipinski definition) is 3. The van der Waals surface area contributed by atoms with Crippen LogP contribution < -0.4 is 5.73 Å². The van der Waals surface area contributed by atoms with Crippen molar-refractivity contribution < 1.29 is 9.13 Å². The molecule has 1 heterocycles. The largest absolute Gasteiger partial charge is 0.395 e. The zero-order valence-corrected chi connectivity index (χ0v) is 9.39. The fourth-order valence-electron chi connectivity index (χ4n) is 1.65. The van der Waals surface area contributed by atoms with Crippen molar-refractivity contribution in [3.05, 3.63) is 24.0 Å². The summed E-state index contributed by atoms with van der Waals surface area (Å²) in [5.41, 5.74) is 5.92. The van der Waals surface area contributed by atoms with Crippen LogP contribution in [-0.2, 0) is 4.74 Å². The zero-order valence-electron chi connectivity index (χ0n) is 8.57. The topological polar surface area (TPSA) is 35.2 Å². The minimum Gasteiger partial charge on any atom is -0.395 e. The van der Waals surface area contributed by atoms with Crippen molar-refractivity contribution in [1.82, 2.24) is 0 Å². The third-order valence-corrected chi connectivity index (χ3v) is 4.13. The molecule has 1 aromatic carbocycles. The predicted molar refractivity (Wildman–Crippen MR) is 60.5 cm³/mol. The summed E-state index contributed by atoms with van der Waals surface area (Å²) in [7, 11) is 0. The smallest absolute Gasteiger partial charge is 0.147 e. The molecular weight excluding hydrogens is 213 g/mol. The maximum absolute atomic E-state index is 13.2. The van der Waals surface area contributed by atoms with E-state index in [-0.39, 0.29) is 17.6 Å². The van der Waals surface area contributed by atoms with Gasteiger partial charge in [0.1, 0.15) is 5.82 Å². The highest BCUT2D eigenvalue weighted by Gasteiger charge is 2.25. The number of nitrogens with two attached hydrogens (primary N) is 1. The van der Waals surface area contributed by atoms with Crippen LogP contribution >= 0.6 is 11.8 Å². The van der Waals surface area contributed by atoms with Gasteiger partial charge in [0.25, 0.3) is 0 Å². The second kappa shape index (κ2) is 4.41. The van der Waals surface area contributed by atoms with E-state index in [1.54, 1.807) is 17.8 Å². The Hall–Kier alpha value is -0.740. The highest BCUT2D eigenvalue weighted by atomic mass is 32.2. The van der Waals surface area contributed by atoms with Gasteiger partial charge >= 0.3 is 0 Å². The fourth-order valence-corrected chi connectivity index (χ4v) is 2.84. The van der Waals surface area contributed by atoms with E-state index >= 15 is 0 Å². The third kappa shape index (κ3) is 2.26. The number of thioether (sulfide) groups is 1. The van der Waals surface area contributed by atoms with Gasteiger partial charge in [-0.15, -0.1) is 11.8 Å². The SMILES string of the molecule is CC1OCCC1Sc1cccc(F)c1N. The molecule has 2 unspecified atom stereocenters. The van der Waals surface area contributed by atoms with Gasteiger partial charge in [0.05, 0.1) is 11.8 Å². The molecule has 2 atom stereocenters. The molecule has 0 aromatic heterocycles. The number of anilines is 1. The van der Waals surface area contributed by atoms with Crippen LogP contribution in [0.1, 0.15) is 13.3 Å². The number of benzene rings is 1. The molecule has 0 bridgehead atoms. The Balaban J connectivity index is 2.13. The molecule has 0 saturated carbocycles. The summed E-state index contributed by atoms with van der Waals surface area (Å²) in [5.74, 6) is -0.341. The van der Waals surface area contributed by atoms with Gasteiger partial charge in [-0.1, -0.05) is 6.07 Å². The quantitative estimate of drug-likeness (QED) is 0.789. The summed E-state index contributed by atoms with van der Waals surface area (Å²) in [4.78, 5) is 0.817. The molecule has 2 nitrogen and oxygen atoms in total. The Labute approximate surface area is 93.0 Å². The average Bonchev–Trinajstić information content (AvgIpc) is 2.60. The van der Waals surface area contributed by atoms with Crippen LogP contribution in [0.3, 0.4) is 0 Å². The molecule has 1 aliphatic heterocycles. The number of ether oxygens (including phenoxy) is 1. The number of nitrogen functional groups attached to an aromatic ring is 1. The van der Waals surface area contributed by atoms with Crippen LogP contribution in [-0.4, -0.2) is 18.0 Å². The Morgan fingerprint density at radius 1 is 1.53 bits per heavy atom. The minimum absolute atomic E-state index is 0.220. The van der Waals surface area contributed by atoms with Crippen LogP contribution in [0.4, 0.5) is 10.1 Å². The monoisotopic (exact) mass is 227 g/mol. The number of para-hydroxylation sites is 1. The van der Waals surface area contributed by atoms with E-state index in [1.807, 2.05) is 13.0 Å². The maximum atomic E-state index is 13.2. The van der Waals surface area contributed by atoms with Crippen LogP contribution in [0.25, 0.3) is 0 Å². The molecule has 1 aliphatic rings. The summed E-state index contributed by atoms with van der Waals surface area (Å²) in [5, 5.41) is 0.383. The molecule has 15 heavy (non-hydrogen) atoms.